The van der Waals surface area contributed by atoms with E-state index in [1.54, 1.807) is 0 Å². The summed E-state index contributed by atoms with van der Waals surface area (Å²) in [7, 11) is 0. The van der Waals surface area contributed by atoms with Crippen LogP contribution >= 0.6 is 0 Å². The molecule has 3 N–H and O–H groups in total. The van der Waals surface area contributed by atoms with Gasteiger partial charge in [-0.3, -0.25) is 0 Å². The topological polar surface area (TPSA) is 60.7 Å². The largest absolute Gasteiger partial charge is 0.507 e. The number of hydrogen-bond donors (Lipinski definition) is 3. The summed E-state index contributed by atoms with van der Waals surface area (Å²) in [6.45, 7) is 11.3. The van der Waals surface area contributed by atoms with Crippen LogP contribution in [0.2, 0.25) is 0 Å². The van der Waals surface area contributed by atoms with Gasteiger partial charge in [0.1, 0.15) is 17.2 Å². The number of para-hydroxylation sites is 3. The number of phenolic OH excluding ortho intramolecular Hbond substituents is 3. The highest BCUT2D eigenvalue weighted by atomic mass is 16.3. The molecule has 0 unspecified atom stereocenters. The molecule has 3 aromatic rings. The SMILES string of the molecule is Cc1cccc(C)c1O.Cc1cccc(C)c1O.Cc1cccc(C)c1O. The van der Waals surface area contributed by atoms with E-state index >= 15 is 0 Å². The van der Waals surface area contributed by atoms with Crippen LogP contribution in [0.3, 0.4) is 0 Å². The fourth-order valence-electron chi connectivity index (χ4n) is 2.42. The minimum atomic E-state index is 0.414. The Morgan fingerprint density at radius 3 is 0.630 bits per heavy atom. The van der Waals surface area contributed by atoms with E-state index in [1.807, 2.05) is 96.1 Å². The van der Waals surface area contributed by atoms with Crippen LogP contribution in [0.1, 0.15) is 33.4 Å². The molecule has 0 aliphatic rings. The van der Waals surface area contributed by atoms with Crippen LogP contribution in [0.25, 0.3) is 0 Å². The van der Waals surface area contributed by atoms with Crippen molar-refractivity contribution in [3.05, 3.63) is 88.0 Å². The maximum absolute atomic E-state index is 9.21. The first-order valence-corrected chi connectivity index (χ1v) is 8.90. The van der Waals surface area contributed by atoms with Crippen LogP contribution < -0.4 is 0 Å². The van der Waals surface area contributed by atoms with Crippen molar-refractivity contribution in [1.29, 1.82) is 0 Å². The molecule has 3 rings (SSSR count). The van der Waals surface area contributed by atoms with Crippen molar-refractivity contribution in [1.82, 2.24) is 0 Å². The zero-order valence-corrected chi connectivity index (χ0v) is 17.0. The Bertz CT molecular complexity index is 704. The van der Waals surface area contributed by atoms with Gasteiger partial charge < -0.3 is 15.3 Å². The van der Waals surface area contributed by atoms with Crippen LogP contribution in [-0.4, -0.2) is 15.3 Å². The minimum absolute atomic E-state index is 0.414. The molecule has 0 aromatic heterocycles. The molecular formula is C24H30O3. The van der Waals surface area contributed by atoms with Gasteiger partial charge in [-0.25, -0.2) is 0 Å². The number of aryl methyl sites for hydroxylation is 6. The molecule has 0 saturated heterocycles. The van der Waals surface area contributed by atoms with E-state index in [4.69, 9.17) is 0 Å². The standard InChI is InChI=1S/3C8H10O/c3*1-6-4-3-5-7(2)8(6)9/h3*3-5,9H,1-2H3. The highest BCUT2D eigenvalue weighted by Gasteiger charge is 1.96. The lowest BCUT2D eigenvalue weighted by Gasteiger charge is -1.99. The molecule has 0 atom stereocenters. The summed E-state index contributed by atoms with van der Waals surface area (Å²) in [6, 6.07) is 17.2. The molecule has 0 spiro atoms. The Kier molecular flexibility index (Phi) is 8.40. The van der Waals surface area contributed by atoms with E-state index in [-0.39, 0.29) is 0 Å². The first-order chi connectivity index (χ1) is 12.6. The number of benzene rings is 3. The zero-order chi connectivity index (χ0) is 20.6. The van der Waals surface area contributed by atoms with Gasteiger partial charge in [0.05, 0.1) is 0 Å². The summed E-state index contributed by atoms with van der Waals surface area (Å²) in [4.78, 5) is 0. The molecule has 0 heterocycles. The average molecular weight is 367 g/mol. The third kappa shape index (κ3) is 6.70. The van der Waals surface area contributed by atoms with Crippen LogP contribution in [0.15, 0.2) is 54.6 Å². The highest BCUT2D eigenvalue weighted by Crippen LogP contribution is 2.20. The summed E-state index contributed by atoms with van der Waals surface area (Å²) in [5.41, 5.74) is 5.64. The van der Waals surface area contributed by atoms with Gasteiger partial charge >= 0.3 is 0 Å². The molecule has 0 fully saturated rings. The van der Waals surface area contributed by atoms with Crippen LogP contribution in [-0.2, 0) is 0 Å². The van der Waals surface area contributed by atoms with Gasteiger partial charge in [-0.2, -0.15) is 0 Å². The monoisotopic (exact) mass is 366 g/mol. The molecule has 3 aromatic carbocycles. The lowest BCUT2D eigenvalue weighted by atomic mass is 10.1. The highest BCUT2D eigenvalue weighted by molar-refractivity contribution is 5.39. The first kappa shape index (κ1) is 22.1. The molecule has 3 nitrogen and oxygen atoms in total. The van der Waals surface area contributed by atoms with Crippen LogP contribution in [0.4, 0.5) is 0 Å². The second-order valence-corrected chi connectivity index (χ2v) is 6.72. The van der Waals surface area contributed by atoms with E-state index in [9.17, 15) is 15.3 Å². The van der Waals surface area contributed by atoms with Crippen molar-refractivity contribution >= 4 is 0 Å². The maximum atomic E-state index is 9.21. The van der Waals surface area contributed by atoms with Crippen LogP contribution in [0.5, 0.6) is 17.2 Å². The molecule has 0 saturated carbocycles. The van der Waals surface area contributed by atoms with Crippen molar-refractivity contribution in [3.8, 4) is 17.2 Å². The van der Waals surface area contributed by atoms with E-state index in [0.29, 0.717) is 17.2 Å². The van der Waals surface area contributed by atoms with Gasteiger partial charge in [0, 0.05) is 0 Å². The average Bonchev–Trinajstić information content (AvgIpc) is 2.63. The van der Waals surface area contributed by atoms with Gasteiger partial charge in [-0.15, -0.1) is 0 Å². The first-order valence-electron chi connectivity index (χ1n) is 8.90. The fourth-order valence-corrected chi connectivity index (χ4v) is 2.42. The van der Waals surface area contributed by atoms with E-state index in [0.717, 1.165) is 33.4 Å². The summed E-state index contributed by atoms with van der Waals surface area (Å²) < 4.78 is 0. The Hall–Kier alpha value is -2.94. The van der Waals surface area contributed by atoms with Crippen molar-refractivity contribution in [2.24, 2.45) is 0 Å². The second-order valence-electron chi connectivity index (χ2n) is 6.72. The summed E-state index contributed by atoms with van der Waals surface area (Å²) >= 11 is 0. The van der Waals surface area contributed by atoms with Gasteiger partial charge in [0.2, 0.25) is 0 Å². The van der Waals surface area contributed by atoms with E-state index in [1.165, 1.54) is 0 Å². The molecule has 27 heavy (non-hydrogen) atoms. The lowest BCUT2D eigenvalue weighted by Crippen LogP contribution is -1.76. The third-order valence-corrected chi connectivity index (χ3v) is 4.32. The van der Waals surface area contributed by atoms with E-state index in [2.05, 4.69) is 0 Å². The normalized spacial score (nSPS) is 9.56. The molecule has 0 aliphatic carbocycles. The molecule has 3 heteroatoms. The Morgan fingerprint density at radius 1 is 0.370 bits per heavy atom. The quantitative estimate of drug-likeness (QED) is 0.455. The fraction of sp³-hybridized carbons (Fsp3) is 0.250. The smallest absolute Gasteiger partial charge is 0.121 e. The number of aromatic hydroxyl groups is 3. The predicted molar refractivity (Wildman–Crippen MR) is 113 cm³/mol. The predicted octanol–water partition coefficient (Wildman–Crippen LogP) is 6.03. The molecular weight excluding hydrogens is 336 g/mol. The van der Waals surface area contributed by atoms with Crippen molar-refractivity contribution in [2.45, 2.75) is 41.5 Å². The molecule has 0 amide bonds. The second kappa shape index (κ2) is 10.3. The van der Waals surface area contributed by atoms with E-state index < -0.39 is 0 Å². The van der Waals surface area contributed by atoms with Gasteiger partial charge in [0.25, 0.3) is 0 Å². The van der Waals surface area contributed by atoms with Crippen molar-refractivity contribution < 1.29 is 15.3 Å². The Balaban J connectivity index is 0.000000202. The Morgan fingerprint density at radius 2 is 0.519 bits per heavy atom. The number of hydrogen-bond acceptors (Lipinski definition) is 3. The Labute approximate surface area is 162 Å². The van der Waals surface area contributed by atoms with Gasteiger partial charge in [0.15, 0.2) is 0 Å². The van der Waals surface area contributed by atoms with Crippen molar-refractivity contribution in [3.63, 3.8) is 0 Å². The maximum Gasteiger partial charge on any atom is 0.121 e. The third-order valence-electron chi connectivity index (χ3n) is 4.32. The summed E-state index contributed by atoms with van der Waals surface area (Å²) in [5, 5.41) is 27.6. The lowest BCUT2D eigenvalue weighted by molar-refractivity contribution is 0.466. The molecule has 0 radical (unpaired) electrons. The molecule has 144 valence electrons. The van der Waals surface area contributed by atoms with Crippen molar-refractivity contribution in [2.75, 3.05) is 0 Å². The summed E-state index contributed by atoms with van der Waals surface area (Å²) in [5.74, 6) is 1.24. The number of rotatable bonds is 0. The molecule has 0 bridgehead atoms. The summed E-state index contributed by atoms with van der Waals surface area (Å²) in [6.07, 6.45) is 0. The van der Waals surface area contributed by atoms with Gasteiger partial charge in [-0.05, 0) is 74.9 Å². The molecule has 0 aliphatic heterocycles. The van der Waals surface area contributed by atoms with Crippen LogP contribution in [0, 0.1) is 41.5 Å². The van der Waals surface area contributed by atoms with Gasteiger partial charge in [-0.1, -0.05) is 54.6 Å². The zero-order valence-electron chi connectivity index (χ0n) is 17.0. The number of phenols is 3. The minimum Gasteiger partial charge on any atom is -0.507 e.